The fourth-order valence-electron chi connectivity index (χ4n) is 1.83. The molecule has 1 aromatic carbocycles. The van der Waals surface area contributed by atoms with Crippen LogP contribution in [0.2, 0.25) is 0 Å². The highest BCUT2D eigenvalue weighted by molar-refractivity contribution is 8.00. The summed E-state index contributed by atoms with van der Waals surface area (Å²) in [5.74, 6) is 0.509. The molecule has 0 amide bonds. The number of rotatable bonds is 5. The van der Waals surface area contributed by atoms with Gasteiger partial charge in [-0.3, -0.25) is 4.68 Å². The van der Waals surface area contributed by atoms with Gasteiger partial charge in [0.15, 0.2) is 9.84 Å². The van der Waals surface area contributed by atoms with Gasteiger partial charge in [-0.15, -0.1) is 11.8 Å². The Morgan fingerprint density at radius 2 is 2.00 bits per heavy atom. The molecule has 1 heterocycles. The normalized spacial score (nSPS) is 11.3. The van der Waals surface area contributed by atoms with Crippen LogP contribution in [0.3, 0.4) is 0 Å². The molecule has 0 bridgehead atoms. The summed E-state index contributed by atoms with van der Waals surface area (Å²) < 4.78 is 26.1. The van der Waals surface area contributed by atoms with E-state index in [0.29, 0.717) is 11.3 Å². The van der Waals surface area contributed by atoms with Gasteiger partial charge in [0, 0.05) is 12.8 Å². The van der Waals surface area contributed by atoms with Gasteiger partial charge < -0.3 is 0 Å². The Morgan fingerprint density at radius 3 is 2.52 bits per heavy atom. The van der Waals surface area contributed by atoms with Crippen molar-refractivity contribution in [2.75, 3.05) is 11.5 Å². The molecule has 110 valence electrons. The zero-order chi connectivity index (χ0) is 15.5. The van der Waals surface area contributed by atoms with Gasteiger partial charge in [-0.1, -0.05) is 0 Å². The lowest BCUT2D eigenvalue weighted by molar-refractivity contribution is 0.597. The van der Waals surface area contributed by atoms with Crippen molar-refractivity contribution in [1.82, 2.24) is 9.78 Å². The first-order valence-electron chi connectivity index (χ1n) is 6.29. The number of nitriles is 1. The summed E-state index contributed by atoms with van der Waals surface area (Å²) in [5.41, 5.74) is 1.36. The summed E-state index contributed by atoms with van der Waals surface area (Å²) in [6, 6.07) is 9.89. The van der Waals surface area contributed by atoms with Crippen molar-refractivity contribution in [2.45, 2.75) is 16.8 Å². The Kier molecular flexibility index (Phi) is 4.70. The molecule has 2 aromatic rings. The van der Waals surface area contributed by atoms with Crippen molar-refractivity contribution in [3.05, 3.63) is 41.6 Å². The van der Waals surface area contributed by atoms with Crippen LogP contribution in [0.25, 0.3) is 0 Å². The van der Waals surface area contributed by atoms with Crippen LogP contribution in [0.4, 0.5) is 0 Å². The third kappa shape index (κ3) is 3.86. The molecule has 1 aromatic heterocycles. The van der Waals surface area contributed by atoms with Gasteiger partial charge in [0.2, 0.25) is 0 Å². The fourth-order valence-corrected chi connectivity index (χ4v) is 4.52. The molecule has 0 fully saturated rings. The second kappa shape index (κ2) is 6.33. The standard InChI is InChI=1S/C14H15N3O2S2/c1-11-9-14(17(2)16-11)20-7-8-21(18,19)13-5-3-12(10-15)4-6-13/h3-6,9H,7-8H2,1-2H3. The molecule has 0 radical (unpaired) electrons. The number of sulfone groups is 1. The molecule has 0 spiro atoms. The molecule has 5 nitrogen and oxygen atoms in total. The summed E-state index contributed by atoms with van der Waals surface area (Å²) in [5, 5.41) is 13.9. The summed E-state index contributed by atoms with van der Waals surface area (Å²) >= 11 is 1.47. The molecule has 0 unspecified atom stereocenters. The fraction of sp³-hybridized carbons (Fsp3) is 0.286. The first kappa shape index (κ1) is 15.6. The SMILES string of the molecule is Cc1cc(SCCS(=O)(=O)c2ccc(C#N)cc2)n(C)n1. The number of benzene rings is 1. The van der Waals surface area contributed by atoms with E-state index in [2.05, 4.69) is 5.10 Å². The molecule has 21 heavy (non-hydrogen) atoms. The van der Waals surface area contributed by atoms with E-state index in [-0.39, 0.29) is 10.6 Å². The average Bonchev–Trinajstić information content (AvgIpc) is 2.77. The number of hydrogen-bond acceptors (Lipinski definition) is 5. The zero-order valence-electron chi connectivity index (χ0n) is 11.8. The molecule has 2 rings (SSSR count). The molecule has 0 aliphatic rings. The summed E-state index contributed by atoms with van der Waals surface area (Å²) in [7, 11) is -1.48. The van der Waals surface area contributed by atoms with Crippen LogP contribution in [0, 0.1) is 18.3 Å². The van der Waals surface area contributed by atoms with Crippen molar-refractivity contribution in [3.63, 3.8) is 0 Å². The molecular formula is C14H15N3O2S2. The Balaban J connectivity index is 2.01. The van der Waals surface area contributed by atoms with Gasteiger partial charge >= 0.3 is 0 Å². The Labute approximate surface area is 128 Å². The van der Waals surface area contributed by atoms with Crippen molar-refractivity contribution < 1.29 is 8.42 Å². The zero-order valence-corrected chi connectivity index (χ0v) is 13.4. The lowest BCUT2D eigenvalue weighted by atomic mass is 10.2. The number of aromatic nitrogens is 2. The molecule has 0 saturated carbocycles. The van der Waals surface area contributed by atoms with Crippen LogP contribution < -0.4 is 0 Å². The molecular weight excluding hydrogens is 306 g/mol. The van der Waals surface area contributed by atoms with Gasteiger partial charge in [0.05, 0.1) is 33.0 Å². The Morgan fingerprint density at radius 1 is 1.33 bits per heavy atom. The maximum atomic E-state index is 12.2. The third-order valence-electron chi connectivity index (χ3n) is 2.90. The molecule has 0 atom stereocenters. The molecule has 0 aliphatic heterocycles. The highest BCUT2D eigenvalue weighted by Gasteiger charge is 2.15. The Hall–Kier alpha value is -1.78. The number of hydrogen-bond donors (Lipinski definition) is 0. The van der Waals surface area contributed by atoms with Gasteiger partial charge in [0.25, 0.3) is 0 Å². The maximum absolute atomic E-state index is 12.2. The monoisotopic (exact) mass is 321 g/mol. The second-order valence-electron chi connectivity index (χ2n) is 4.55. The smallest absolute Gasteiger partial charge is 0.179 e. The van der Waals surface area contributed by atoms with Gasteiger partial charge in [-0.05, 0) is 37.3 Å². The lowest BCUT2D eigenvalue weighted by Gasteiger charge is -2.05. The van der Waals surface area contributed by atoms with Gasteiger partial charge in [0.1, 0.15) is 0 Å². The van der Waals surface area contributed by atoms with Crippen LogP contribution in [-0.2, 0) is 16.9 Å². The minimum atomic E-state index is -3.32. The van der Waals surface area contributed by atoms with E-state index in [1.807, 2.05) is 26.1 Å². The van der Waals surface area contributed by atoms with E-state index < -0.39 is 9.84 Å². The van der Waals surface area contributed by atoms with Crippen LogP contribution in [-0.4, -0.2) is 29.7 Å². The minimum absolute atomic E-state index is 0.0494. The lowest BCUT2D eigenvalue weighted by Crippen LogP contribution is -2.09. The van der Waals surface area contributed by atoms with Crippen molar-refractivity contribution in [1.29, 1.82) is 5.26 Å². The maximum Gasteiger partial charge on any atom is 0.179 e. The van der Waals surface area contributed by atoms with E-state index in [0.717, 1.165) is 10.7 Å². The summed E-state index contributed by atoms with van der Waals surface area (Å²) in [6.07, 6.45) is 0. The van der Waals surface area contributed by atoms with Gasteiger partial charge in [-0.25, -0.2) is 8.42 Å². The predicted molar refractivity (Wildman–Crippen MR) is 81.9 cm³/mol. The number of nitrogens with zero attached hydrogens (tertiary/aromatic N) is 3. The van der Waals surface area contributed by atoms with Crippen LogP contribution in [0.5, 0.6) is 0 Å². The highest BCUT2D eigenvalue weighted by Crippen LogP contribution is 2.20. The highest BCUT2D eigenvalue weighted by atomic mass is 32.2. The minimum Gasteiger partial charge on any atom is -0.262 e. The molecule has 0 saturated heterocycles. The van der Waals surface area contributed by atoms with Crippen molar-refractivity contribution in [3.8, 4) is 6.07 Å². The second-order valence-corrected chi connectivity index (χ2v) is 7.78. The average molecular weight is 321 g/mol. The molecule has 7 heteroatoms. The van der Waals surface area contributed by atoms with E-state index in [4.69, 9.17) is 5.26 Å². The van der Waals surface area contributed by atoms with Crippen LogP contribution in [0.15, 0.2) is 40.3 Å². The Bertz CT molecular complexity index is 772. The van der Waals surface area contributed by atoms with Crippen molar-refractivity contribution >= 4 is 21.6 Å². The largest absolute Gasteiger partial charge is 0.262 e. The number of aryl methyl sites for hydroxylation is 2. The van der Waals surface area contributed by atoms with E-state index in [1.54, 1.807) is 4.68 Å². The van der Waals surface area contributed by atoms with Crippen LogP contribution >= 0.6 is 11.8 Å². The molecule has 0 N–H and O–H groups in total. The van der Waals surface area contributed by atoms with E-state index in [1.165, 1.54) is 36.0 Å². The molecule has 0 aliphatic carbocycles. The van der Waals surface area contributed by atoms with Gasteiger partial charge in [-0.2, -0.15) is 10.4 Å². The van der Waals surface area contributed by atoms with Crippen LogP contribution in [0.1, 0.15) is 11.3 Å². The topological polar surface area (TPSA) is 75.8 Å². The van der Waals surface area contributed by atoms with E-state index in [9.17, 15) is 8.42 Å². The first-order valence-corrected chi connectivity index (χ1v) is 8.92. The summed E-state index contributed by atoms with van der Waals surface area (Å²) in [6.45, 7) is 1.90. The van der Waals surface area contributed by atoms with E-state index >= 15 is 0 Å². The van der Waals surface area contributed by atoms with Crippen molar-refractivity contribution in [2.24, 2.45) is 7.05 Å². The quantitative estimate of drug-likeness (QED) is 0.789. The third-order valence-corrected chi connectivity index (χ3v) is 5.98. The summed E-state index contributed by atoms with van der Waals surface area (Å²) in [4.78, 5) is 0.253. The first-order chi connectivity index (χ1) is 9.92. The predicted octanol–water partition coefficient (Wildman–Crippen LogP) is 2.17. The number of thioether (sulfide) groups is 1.